The maximum atomic E-state index is 11.8. The van der Waals surface area contributed by atoms with Crippen LogP contribution >= 0.6 is 0 Å². The first kappa shape index (κ1) is 14.3. The van der Waals surface area contributed by atoms with Crippen molar-refractivity contribution >= 4 is 5.97 Å². The molecule has 0 saturated carbocycles. The van der Waals surface area contributed by atoms with E-state index in [2.05, 4.69) is 5.32 Å². The molecule has 0 unspecified atom stereocenters. The number of hydrogen-bond donors (Lipinski definition) is 2. The summed E-state index contributed by atoms with van der Waals surface area (Å²) in [5.41, 5.74) is 1.04. The molecule has 20 heavy (non-hydrogen) atoms. The lowest BCUT2D eigenvalue weighted by Gasteiger charge is -2.29. The molecule has 0 heterocycles. The van der Waals surface area contributed by atoms with Gasteiger partial charge in [-0.2, -0.15) is 0 Å². The summed E-state index contributed by atoms with van der Waals surface area (Å²) in [7, 11) is 1.71. The van der Waals surface area contributed by atoms with Gasteiger partial charge in [-0.1, -0.05) is 60.7 Å². The second-order valence-electron chi connectivity index (χ2n) is 4.96. The molecule has 2 rings (SSSR count). The zero-order valence-corrected chi connectivity index (χ0v) is 11.5. The molecule has 0 spiro atoms. The third-order valence-electron chi connectivity index (χ3n) is 3.59. The number of hydrogen-bond acceptors (Lipinski definition) is 2. The van der Waals surface area contributed by atoms with Crippen LogP contribution in [0.25, 0.3) is 0 Å². The lowest BCUT2D eigenvalue weighted by molar-refractivity contribution is -0.144. The summed E-state index contributed by atoms with van der Waals surface area (Å²) in [6.45, 7) is 0. The summed E-state index contributed by atoms with van der Waals surface area (Å²) in [5.74, 6) is -0.826. The Labute approximate surface area is 119 Å². The maximum Gasteiger partial charge on any atom is 0.324 e. The van der Waals surface area contributed by atoms with Crippen molar-refractivity contribution in [2.24, 2.45) is 0 Å². The van der Waals surface area contributed by atoms with Gasteiger partial charge >= 0.3 is 5.97 Å². The van der Waals surface area contributed by atoms with Crippen LogP contribution in [0.2, 0.25) is 0 Å². The first-order valence-corrected chi connectivity index (χ1v) is 6.66. The molecule has 0 aliphatic carbocycles. The molecule has 2 aromatic rings. The van der Waals surface area contributed by atoms with Crippen molar-refractivity contribution in [3.05, 3.63) is 71.8 Å². The molecule has 0 aliphatic heterocycles. The van der Waals surface area contributed by atoms with Gasteiger partial charge < -0.3 is 10.4 Å². The quantitative estimate of drug-likeness (QED) is 0.847. The number of carboxylic acid groups (broad SMARTS) is 1. The van der Waals surface area contributed by atoms with E-state index in [0.29, 0.717) is 12.8 Å². The van der Waals surface area contributed by atoms with Gasteiger partial charge in [0, 0.05) is 12.8 Å². The maximum absolute atomic E-state index is 11.8. The van der Waals surface area contributed by atoms with E-state index in [-0.39, 0.29) is 0 Å². The fraction of sp³-hybridized carbons (Fsp3) is 0.235. The van der Waals surface area contributed by atoms with E-state index in [0.717, 1.165) is 11.1 Å². The van der Waals surface area contributed by atoms with E-state index in [4.69, 9.17) is 0 Å². The Morgan fingerprint density at radius 3 is 1.65 bits per heavy atom. The normalized spacial score (nSPS) is 11.2. The van der Waals surface area contributed by atoms with E-state index in [9.17, 15) is 9.90 Å². The number of carboxylic acids is 1. The minimum Gasteiger partial charge on any atom is -0.480 e. The third-order valence-corrected chi connectivity index (χ3v) is 3.59. The predicted octanol–water partition coefficient (Wildman–Crippen LogP) is 2.51. The van der Waals surface area contributed by atoms with Gasteiger partial charge in [-0.3, -0.25) is 4.79 Å². The molecule has 0 radical (unpaired) electrons. The van der Waals surface area contributed by atoms with Crippen molar-refractivity contribution < 1.29 is 9.90 Å². The van der Waals surface area contributed by atoms with Gasteiger partial charge in [0.15, 0.2) is 0 Å². The van der Waals surface area contributed by atoms with Gasteiger partial charge in [-0.25, -0.2) is 0 Å². The molecule has 3 nitrogen and oxygen atoms in total. The molecule has 0 atom stereocenters. The van der Waals surface area contributed by atoms with Crippen LogP contribution in [0.15, 0.2) is 60.7 Å². The fourth-order valence-corrected chi connectivity index (χ4v) is 2.39. The number of nitrogens with one attached hydrogen (secondary N) is 1. The highest BCUT2D eigenvalue weighted by molar-refractivity contribution is 5.79. The van der Waals surface area contributed by atoms with Crippen LogP contribution in [0.3, 0.4) is 0 Å². The predicted molar refractivity (Wildman–Crippen MR) is 79.7 cm³/mol. The van der Waals surface area contributed by atoms with E-state index in [1.807, 2.05) is 60.7 Å². The van der Waals surface area contributed by atoms with Crippen molar-refractivity contribution in [2.75, 3.05) is 7.05 Å². The van der Waals surface area contributed by atoms with Gasteiger partial charge in [0.1, 0.15) is 5.54 Å². The van der Waals surface area contributed by atoms with Crippen LogP contribution in [0.5, 0.6) is 0 Å². The van der Waals surface area contributed by atoms with Crippen LogP contribution in [0.1, 0.15) is 11.1 Å². The number of carbonyl (C=O) groups is 1. The molecule has 0 aromatic heterocycles. The summed E-state index contributed by atoms with van der Waals surface area (Å²) >= 11 is 0. The molecule has 104 valence electrons. The first-order valence-electron chi connectivity index (χ1n) is 6.66. The molecule has 0 bridgehead atoms. The molecular weight excluding hydrogens is 250 g/mol. The van der Waals surface area contributed by atoms with Crippen molar-refractivity contribution in [1.29, 1.82) is 0 Å². The zero-order chi connectivity index (χ0) is 14.4. The molecule has 2 aromatic carbocycles. The second-order valence-corrected chi connectivity index (χ2v) is 4.96. The molecule has 0 saturated heterocycles. The van der Waals surface area contributed by atoms with Gasteiger partial charge in [0.05, 0.1) is 0 Å². The summed E-state index contributed by atoms with van der Waals surface area (Å²) in [6.07, 6.45) is 0.906. The minimum absolute atomic E-state index is 0.453. The van der Waals surface area contributed by atoms with Crippen molar-refractivity contribution in [1.82, 2.24) is 5.32 Å². The van der Waals surface area contributed by atoms with Crippen LogP contribution in [-0.2, 0) is 17.6 Å². The summed E-state index contributed by atoms with van der Waals surface area (Å²) in [6, 6.07) is 19.4. The van der Waals surface area contributed by atoms with Gasteiger partial charge in [0.2, 0.25) is 0 Å². The zero-order valence-electron chi connectivity index (χ0n) is 11.5. The largest absolute Gasteiger partial charge is 0.480 e. The van der Waals surface area contributed by atoms with Gasteiger partial charge in [-0.15, -0.1) is 0 Å². The van der Waals surface area contributed by atoms with Crippen molar-refractivity contribution in [2.45, 2.75) is 18.4 Å². The second kappa shape index (κ2) is 6.35. The summed E-state index contributed by atoms with van der Waals surface area (Å²) in [4.78, 5) is 11.8. The lowest BCUT2D eigenvalue weighted by Crippen LogP contribution is -2.54. The van der Waals surface area contributed by atoms with Crippen LogP contribution < -0.4 is 5.32 Å². The Bertz CT molecular complexity index is 510. The molecule has 3 heteroatoms. The number of benzene rings is 2. The van der Waals surface area contributed by atoms with E-state index in [1.165, 1.54) is 0 Å². The Morgan fingerprint density at radius 1 is 0.950 bits per heavy atom. The molecule has 0 aliphatic rings. The van der Waals surface area contributed by atoms with E-state index < -0.39 is 11.5 Å². The third kappa shape index (κ3) is 3.25. The number of likely N-dealkylation sites (N-methyl/N-ethyl adjacent to an activating group) is 1. The summed E-state index contributed by atoms with van der Waals surface area (Å²) in [5, 5.41) is 12.7. The topological polar surface area (TPSA) is 49.3 Å². The first-order chi connectivity index (χ1) is 9.66. The Morgan fingerprint density at radius 2 is 1.35 bits per heavy atom. The highest BCUT2D eigenvalue weighted by Crippen LogP contribution is 2.19. The van der Waals surface area contributed by atoms with Crippen LogP contribution in [-0.4, -0.2) is 23.7 Å². The fourth-order valence-electron chi connectivity index (χ4n) is 2.39. The highest BCUT2D eigenvalue weighted by atomic mass is 16.4. The highest BCUT2D eigenvalue weighted by Gasteiger charge is 2.37. The van der Waals surface area contributed by atoms with Gasteiger partial charge in [-0.05, 0) is 18.2 Å². The van der Waals surface area contributed by atoms with Crippen LogP contribution in [0, 0.1) is 0 Å². The molecule has 0 amide bonds. The smallest absolute Gasteiger partial charge is 0.324 e. The van der Waals surface area contributed by atoms with Crippen molar-refractivity contribution in [3.63, 3.8) is 0 Å². The van der Waals surface area contributed by atoms with Crippen molar-refractivity contribution in [3.8, 4) is 0 Å². The van der Waals surface area contributed by atoms with Crippen LogP contribution in [0.4, 0.5) is 0 Å². The number of aliphatic carboxylic acids is 1. The van der Waals surface area contributed by atoms with Gasteiger partial charge in [0.25, 0.3) is 0 Å². The lowest BCUT2D eigenvalue weighted by atomic mass is 9.85. The standard InChI is InChI=1S/C17H19NO2/c1-18-17(16(19)20,12-14-8-4-2-5-9-14)13-15-10-6-3-7-11-15/h2-11,18H,12-13H2,1H3,(H,19,20). The average molecular weight is 269 g/mol. The van der Waals surface area contributed by atoms with E-state index >= 15 is 0 Å². The van der Waals surface area contributed by atoms with E-state index in [1.54, 1.807) is 7.05 Å². The molecular formula is C17H19NO2. The summed E-state index contributed by atoms with van der Waals surface area (Å²) < 4.78 is 0. The molecule has 0 fully saturated rings. The monoisotopic (exact) mass is 269 g/mol. The average Bonchev–Trinajstić information content (AvgIpc) is 2.48. The Balaban J connectivity index is 2.28. The SMILES string of the molecule is CNC(Cc1ccccc1)(Cc1ccccc1)C(=O)O. The Kier molecular flexibility index (Phi) is 4.53. The minimum atomic E-state index is -0.983. The molecule has 2 N–H and O–H groups in total. The Hall–Kier alpha value is -2.13. The number of rotatable bonds is 6.